The summed E-state index contributed by atoms with van der Waals surface area (Å²) in [5.41, 5.74) is 6.78. The molecule has 1 atom stereocenters. The van der Waals surface area contributed by atoms with Crippen molar-refractivity contribution in [3.8, 4) is 5.88 Å². The number of aromatic nitrogens is 1. The summed E-state index contributed by atoms with van der Waals surface area (Å²) in [5.74, 6) is 1.36. The van der Waals surface area contributed by atoms with Gasteiger partial charge in [0, 0.05) is 18.3 Å². The Bertz CT molecular complexity index is 399. The zero-order valence-corrected chi connectivity index (χ0v) is 12.2. The molecule has 0 aromatic carbocycles. The molecule has 0 aliphatic rings. The molecule has 20 heavy (non-hydrogen) atoms. The van der Waals surface area contributed by atoms with Crippen LogP contribution in [0, 0.1) is 5.92 Å². The average molecular weight is 312 g/mol. The van der Waals surface area contributed by atoms with Gasteiger partial charge in [-0.15, -0.1) is 12.4 Å². The smallest absolute Gasteiger partial charge is 0.392 e. The fraction of sp³-hybridized carbons (Fsp3) is 0.538. The first-order valence-electron chi connectivity index (χ1n) is 5.98. The maximum atomic E-state index is 12.0. The second-order valence-electron chi connectivity index (χ2n) is 4.66. The van der Waals surface area contributed by atoms with Gasteiger partial charge < -0.3 is 10.5 Å². The molecule has 1 aromatic heterocycles. The van der Waals surface area contributed by atoms with Gasteiger partial charge in [-0.2, -0.15) is 13.2 Å². The Balaban J connectivity index is 0.00000361. The molecule has 0 saturated heterocycles. The number of pyridine rings is 1. The lowest BCUT2D eigenvalue weighted by molar-refractivity contribution is -0.139. The predicted octanol–water partition coefficient (Wildman–Crippen LogP) is 3.84. The molecule has 1 radical (unpaired) electrons. The Morgan fingerprint density at radius 2 is 2.05 bits per heavy atom. The van der Waals surface area contributed by atoms with E-state index in [0.717, 1.165) is 5.56 Å². The minimum Gasteiger partial charge on any atom is -0.477 e. The zero-order valence-electron chi connectivity index (χ0n) is 11.4. The molecular weight excluding hydrogens is 293 g/mol. The van der Waals surface area contributed by atoms with Crippen LogP contribution in [0.3, 0.4) is 0 Å². The SMILES string of the molecule is C[C](C)CC(N)c1ccnc(OCCC(F)(F)F)c1.Cl. The van der Waals surface area contributed by atoms with E-state index in [4.69, 9.17) is 10.5 Å². The van der Waals surface area contributed by atoms with Gasteiger partial charge in [-0.1, -0.05) is 13.8 Å². The maximum Gasteiger partial charge on any atom is 0.392 e. The van der Waals surface area contributed by atoms with Gasteiger partial charge in [0.15, 0.2) is 0 Å². The minimum absolute atomic E-state index is 0. The molecular formula is C13H19ClF3N2O. The summed E-state index contributed by atoms with van der Waals surface area (Å²) in [7, 11) is 0. The number of alkyl halides is 3. The van der Waals surface area contributed by atoms with Gasteiger partial charge in [-0.05, 0) is 24.0 Å². The van der Waals surface area contributed by atoms with E-state index in [0.29, 0.717) is 6.42 Å². The van der Waals surface area contributed by atoms with E-state index >= 15 is 0 Å². The minimum atomic E-state index is -4.22. The van der Waals surface area contributed by atoms with Crippen LogP contribution < -0.4 is 10.5 Å². The van der Waals surface area contributed by atoms with Gasteiger partial charge in [0.2, 0.25) is 5.88 Å². The highest BCUT2D eigenvalue weighted by molar-refractivity contribution is 5.85. The molecule has 0 spiro atoms. The summed E-state index contributed by atoms with van der Waals surface area (Å²) in [5, 5.41) is 0. The van der Waals surface area contributed by atoms with E-state index in [2.05, 4.69) is 4.98 Å². The molecule has 0 aliphatic carbocycles. The summed E-state index contributed by atoms with van der Waals surface area (Å²) in [6.07, 6.45) is -3.01. The van der Waals surface area contributed by atoms with E-state index < -0.39 is 19.2 Å². The number of hydrogen-bond acceptors (Lipinski definition) is 3. The summed E-state index contributed by atoms with van der Waals surface area (Å²) < 4.78 is 40.9. The zero-order chi connectivity index (χ0) is 14.5. The number of nitrogens with zero attached hydrogens (tertiary/aromatic N) is 1. The number of halogens is 4. The lowest BCUT2D eigenvalue weighted by Crippen LogP contribution is -2.14. The molecule has 115 valence electrons. The Morgan fingerprint density at radius 1 is 1.40 bits per heavy atom. The first kappa shape index (κ1) is 19.0. The molecule has 3 nitrogen and oxygen atoms in total. The fourth-order valence-electron chi connectivity index (χ4n) is 1.56. The average Bonchev–Trinajstić information content (AvgIpc) is 2.26. The third-order valence-electron chi connectivity index (χ3n) is 2.45. The third kappa shape index (κ3) is 7.55. The summed E-state index contributed by atoms with van der Waals surface area (Å²) in [6, 6.07) is 3.13. The quantitative estimate of drug-likeness (QED) is 0.868. The molecule has 1 rings (SSSR count). The van der Waals surface area contributed by atoms with Crippen LogP contribution in [-0.2, 0) is 0 Å². The van der Waals surface area contributed by atoms with Crippen LogP contribution in [0.25, 0.3) is 0 Å². The van der Waals surface area contributed by atoms with Crippen molar-refractivity contribution in [3.05, 3.63) is 29.8 Å². The summed E-state index contributed by atoms with van der Waals surface area (Å²) in [6.45, 7) is 3.51. The molecule has 0 fully saturated rings. The van der Waals surface area contributed by atoms with Gasteiger partial charge in [-0.25, -0.2) is 4.98 Å². The highest BCUT2D eigenvalue weighted by atomic mass is 35.5. The molecule has 0 amide bonds. The van der Waals surface area contributed by atoms with Crippen molar-refractivity contribution in [2.45, 2.75) is 38.9 Å². The fourth-order valence-corrected chi connectivity index (χ4v) is 1.56. The highest BCUT2D eigenvalue weighted by Crippen LogP contribution is 2.23. The topological polar surface area (TPSA) is 48.1 Å². The molecule has 0 saturated carbocycles. The van der Waals surface area contributed by atoms with E-state index in [-0.39, 0.29) is 24.3 Å². The van der Waals surface area contributed by atoms with Gasteiger partial charge in [-0.3, -0.25) is 0 Å². The van der Waals surface area contributed by atoms with Crippen molar-refractivity contribution < 1.29 is 17.9 Å². The van der Waals surface area contributed by atoms with Crippen molar-refractivity contribution in [3.63, 3.8) is 0 Å². The van der Waals surface area contributed by atoms with Crippen molar-refractivity contribution in [1.29, 1.82) is 0 Å². The Labute approximate surface area is 123 Å². The summed E-state index contributed by atoms with van der Waals surface area (Å²) >= 11 is 0. The first-order valence-corrected chi connectivity index (χ1v) is 5.98. The largest absolute Gasteiger partial charge is 0.477 e. The Kier molecular flexibility index (Phi) is 7.90. The van der Waals surface area contributed by atoms with Crippen LogP contribution in [0.2, 0.25) is 0 Å². The Morgan fingerprint density at radius 3 is 2.60 bits per heavy atom. The number of hydrogen-bond donors (Lipinski definition) is 1. The first-order chi connectivity index (χ1) is 8.78. The van der Waals surface area contributed by atoms with Gasteiger partial charge in [0.1, 0.15) is 0 Å². The van der Waals surface area contributed by atoms with Gasteiger partial charge in [0.25, 0.3) is 0 Å². The van der Waals surface area contributed by atoms with Crippen LogP contribution in [0.1, 0.15) is 38.3 Å². The highest BCUT2D eigenvalue weighted by Gasteiger charge is 2.26. The van der Waals surface area contributed by atoms with Crippen molar-refractivity contribution in [1.82, 2.24) is 4.98 Å². The van der Waals surface area contributed by atoms with Crippen molar-refractivity contribution in [2.24, 2.45) is 5.73 Å². The van der Waals surface area contributed by atoms with E-state index in [1.807, 2.05) is 13.8 Å². The molecule has 1 unspecified atom stereocenters. The van der Waals surface area contributed by atoms with Crippen LogP contribution in [-0.4, -0.2) is 17.8 Å². The van der Waals surface area contributed by atoms with E-state index in [9.17, 15) is 13.2 Å². The third-order valence-corrected chi connectivity index (χ3v) is 2.45. The molecule has 7 heteroatoms. The molecule has 1 heterocycles. The molecule has 0 aliphatic heterocycles. The number of rotatable bonds is 6. The number of ether oxygens (including phenoxy) is 1. The number of nitrogens with two attached hydrogens (primary N) is 1. The lowest BCUT2D eigenvalue weighted by Gasteiger charge is -2.15. The predicted molar refractivity (Wildman–Crippen MR) is 73.8 cm³/mol. The lowest BCUT2D eigenvalue weighted by atomic mass is 9.99. The second kappa shape index (κ2) is 8.32. The van der Waals surface area contributed by atoms with Crippen molar-refractivity contribution in [2.75, 3.05) is 6.61 Å². The van der Waals surface area contributed by atoms with Crippen LogP contribution in [0.15, 0.2) is 18.3 Å². The maximum absolute atomic E-state index is 12.0. The Hall–Kier alpha value is -1.01. The van der Waals surface area contributed by atoms with Gasteiger partial charge in [0.05, 0.1) is 13.0 Å². The molecule has 2 N–H and O–H groups in total. The molecule has 1 aromatic rings. The normalized spacial score (nSPS) is 12.9. The van der Waals surface area contributed by atoms with Crippen LogP contribution in [0.5, 0.6) is 5.88 Å². The summed E-state index contributed by atoms with van der Waals surface area (Å²) in [4.78, 5) is 3.87. The van der Waals surface area contributed by atoms with Gasteiger partial charge >= 0.3 is 6.18 Å². The van der Waals surface area contributed by atoms with Crippen LogP contribution in [0.4, 0.5) is 13.2 Å². The van der Waals surface area contributed by atoms with Crippen LogP contribution >= 0.6 is 12.4 Å². The molecule has 0 bridgehead atoms. The van der Waals surface area contributed by atoms with Crippen molar-refractivity contribution >= 4 is 12.4 Å². The van der Waals surface area contributed by atoms with E-state index in [1.54, 1.807) is 12.1 Å². The van der Waals surface area contributed by atoms with E-state index in [1.165, 1.54) is 12.1 Å². The standard InChI is InChI=1S/C13H18F3N2O.ClH/c1-9(2)7-11(17)10-3-5-18-12(8-10)19-6-4-13(14,15)16;/h3,5,8,11H,4,6-7,17H2,1-2H3;1H. The second-order valence-corrected chi connectivity index (χ2v) is 4.66. The monoisotopic (exact) mass is 311 g/mol.